The molecule has 0 radical (unpaired) electrons. The Hall–Kier alpha value is -3.57. The highest BCUT2D eigenvalue weighted by Gasteiger charge is 2.18. The van der Waals surface area contributed by atoms with Crippen LogP contribution in [0.1, 0.15) is 12.1 Å². The van der Waals surface area contributed by atoms with Gasteiger partial charge in [-0.15, -0.1) is 0 Å². The maximum atomic E-state index is 13.1. The molecule has 0 saturated carbocycles. The topological polar surface area (TPSA) is 147 Å². The summed E-state index contributed by atoms with van der Waals surface area (Å²) in [4.78, 5) is 20.2. The molecule has 2 amide bonds. The second kappa shape index (κ2) is 10.2. The van der Waals surface area contributed by atoms with Crippen LogP contribution in [0.15, 0.2) is 59.5 Å². The van der Waals surface area contributed by atoms with Crippen molar-refractivity contribution in [3.63, 3.8) is 0 Å². The fourth-order valence-electron chi connectivity index (χ4n) is 2.80. The number of amides is 2. The maximum absolute atomic E-state index is 13.1. The van der Waals surface area contributed by atoms with Crippen LogP contribution in [0.2, 0.25) is 0 Å². The van der Waals surface area contributed by atoms with Crippen molar-refractivity contribution in [2.75, 3.05) is 24.2 Å². The first-order valence-electron chi connectivity index (χ1n) is 9.65. The summed E-state index contributed by atoms with van der Waals surface area (Å²) in [6, 6.07) is 12.1. The van der Waals surface area contributed by atoms with Crippen molar-refractivity contribution in [1.82, 2.24) is 15.3 Å². The SMILES string of the molecule is Nc1cc(CS(=O)(=O)c2ccc(F)cc2)nc(-c2ccc(NC(=O)NCCCO)cc2)n1. The quantitative estimate of drug-likeness (QED) is 0.299. The number of urea groups is 1. The highest BCUT2D eigenvalue weighted by atomic mass is 32.2. The largest absolute Gasteiger partial charge is 0.396 e. The second-order valence-electron chi connectivity index (χ2n) is 6.86. The predicted octanol–water partition coefficient (Wildman–Crippen LogP) is 2.34. The minimum Gasteiger partial charge on any atom is -0.396 e. The van der Waals surface area contributed by atoms with Gasteiger partial charge in [0.2, 0.25) is 0 Å². The summed E-state index contributed by atoms with van der Waals surface area (Å²) in [6.45, 7) is 0.337. The lowest BCUT2D eigenvalue weighted by atomic mass is 10.2. The molecular weight excluding hydrogens is 437 g/mol. The molecule has 0 unspecified atom stereocenters. The Morgan fingerprint density at radius 3 is 2.41 bits per heavy atom. The van der Waals surface area contributed by atoms with E-state index >= 15 is 0 Å². The van der Waals surface area contributed by atoms with E-state index in [0.717, 1.165) is 12.1 Å². The first-order valence-corrected chi connectivity index (χ1v) is 11.3. The smallest absolute Gasteiger partial charge is 0.319 e. The van der Waals surface area contributed by atoms with Crippen LogP contribution in [-0.2, 0) is 15.6 Å². The van der Waals surface area contributed by atoms with Gasteiger partial charge in [0.05, 0.1) is 16.3 Å². The van der Waals surface area contributed by atoms with Crippen LogP contribution in [-0.4, -0.2) is 42.7 Å². The van der Waals surface area contributed by atoms with Crippen LogP contribution in [0.3, 0.4) is 0 Å². The number of benzene rings is 2. The zero-order valence-electron chi connectivity index (χ0n) is 17.0. The first kappa shape index (κ1) is 23.1. The minimum atomic E-state index is -3.76. The number of halogens is 1. The van der Waals surface area contributed by atoms with Crippen LogP contribution in [0.4, 0.5) is 20.7 Å². The fraction of sp³-hybridized carbons (Fsp3) is 0.190. The number of anilines is 2. The van der Waals surface area contributed by atoms with Crippen LogP contribution in [0, 0.1) is 5.82 Å². The van der Waals surface area contributed by atoms with Gasteiger partial charge in [0.15, 0.2) is 15.7 Å². The molecule has 0 bridgehead atoms. The lowest BCUT2D eigenvalue weighted by molar-refractivity contribution is 0.249. The van der Waals surface area contributed by atoms with E-state index in [-0.39, 0.29) is 28.8 Å². The number of aromatic nitrogens is 2. The fourth-order valence-corrected chi connectivity index (χ4v) is 4.06. The summed E-state index contributed by atoms with van der Waals surface area (Å²) in [5.41, 5.74) is 7.15. The summed E-state index contributed by atoms with van der Waals surface area (Å²) < 4.78 is 38.4. The summed E-state index contributed by atoms with van der Waals surface area (Å²) in [7, 11) is -3.76. The van der Waals surface area contributed by atoms with Gasteiger partial charge >= 0.3 is 6.03 Å². The number of hydrogen-bond acceptors (Lipinski definition) is 7. The number of nitrogens with two attached hydrogens (primary N) is 1. The van der Waals surface area contributed by atoms with E-state index in [0.29, 0.717) is 24.2 Å². The van der Waals surface area contributed by atoms with E-state index < -0.39 is 27.4 Å². The van der Waals surface area contributed by atoms with Gasteiger partial charge in [-0.1, -0.05) is 0 Å². The normalized spacial score (nSPS) is 11.2. The van der Waals surface area contributed by atoms with E-state index in [2.05, 4.69) is 20.6 Å². The van der Waals surface area contributed by atoms with Crippen molar-refractivity contribution in [3.05, 3.63) is 66.1 Å². The number of hydrogen-bond donors (Lipinski definition) is 4. The third kappa shape index (κ3) is 6.22. The van der Waals surface area contributed by atoms with Crippen LogP contribution in [0.25, 0.3) is 11.4 Å². The zero-order valence-corrected chi connectivity index (χ0v) is 17.8. The average molecular weight is 460 g/mol. The Kier molecular flexibility index (Phi) is 7.33. The zero-order chi connectivity index (χ0) is 23.1. The molecule has 1 aromatic heterocycles. The molecule has 0 saturated heterocycles. The highest BCUT2D eigenvalue weighted by molar-refractivity contribution is 7.90. The third-order valence-electron chi connectivity index (χ3n) is 4.33. The standard InChI is InChI=1S/C21H22FN5O4S/c22-15-4-8-18(9-5-15)32(30,31)13-17-12-19(23)27-20(25-17)14-2-6-16(7-3-14)26-21(29)24-10-1-11-28/h2-9,12,28H,1,10-11,13H2,(H2,23,25,27)(H2,24,26,29). The van der Waals surface area contributed by atoms with Gasteiger partial charge in [0, 0.05) is 30.5 Å². The Morgan fingerprint density at radius 2 is 1.75 bits per heavy atom. The lowest BCUT2D eigenvalue weighted by Crippen LogP contribution is -2.29. The van der Waals surface area contributed by atoms with Crippen molar-refractivity contribution in [1.29, 1.82) is 0 Å². The van der Waals surface area contributed by atoms with Gasteiger partial charge in [-0.2, -0.15) is 0 Å². The average Bonchev–Trinajstić information content (AvgIpc) is 2.74. The van der Waals surface area contributed by atoms with Gasteiger partial charge in [0.25, 0.3) is 0 Å². The molecule has 9 nitrogen and oxygen atoms in total. The van der Waals surface area contributed by atoms with E-state index in [9.17, 15) is 17.6 Å². The number of rotatable bonds is 8. The summed E-state index contributed by atoms with van der Waals surface area (Å²) in [6.07, 6.45) is 0.457. The maximum Gasteiger partial charge on any atom is 0.319 e. The monoisotopic (exact) mass is 459 g/mol. The molecule has 2 aromatic carbocycles. The Labute approximate surface area is 184 Å². The summed E-state index contributed by atoms with van der Waals surface area (Å²) in [5.74, 6) is -0.623. The van der Waals surface area contributed by atoms with E-state index in [1.54, 1.807) is 24.3 Å². The number of nitrogens with one attached hydrogen (secondary N) is 2. The minimum absolute atomic E-state index is 0.0115. The molecule has 168 valence electrons. The molecule has 0 aliphatic rings. The number of nitrogens with zero attached hydrogens (tertiary/aromatic N) is 2. The summed E-state index contributed by atoms with van der Waals surface area (Å²) in [5, 5.41) is 14.0. The second-order valence-corrected chi connectivity index (χ2v) is 8.85. The highest BCUT2D eigenvalue weighted by Crippen LogP contribution is 2.22. The molecule has 32 heavy (non-hydrogen) atoms. The number of carbonyl (C=O) groups excluding carboxylic acids is 1. The van der Waals surface area contributed by atoms with Crippen molar-refractivity contribution in [3.8, 4) is 11.4 Å². The van der Waals surface area contributed by atoms with E-state index in [1.165, 1.54) is 18.2 Å². The van der Waals surface area contributed by atoms with Crippen LogP contribution in [0.5, 0.6) is 0 Å². The molecular formula is C21H22FN5O4S. The molecule has 5 N–H and O–H groups in total. The molecule has 3 aromatic rings. The Morgan fingerprint density at radius 1 is 1.06 bits per heavy atom. The van der Waals surface area contributed by atoms with Crippen LogP contribution >= 0.6 is 0 Å². The predicted molar refractivity (Wildman–Crippen MR) is 118 cm³/mol. The van der Waals surface area contributed by atoms with Gasteiger partial charge < -0.3 is 21.5 Å². The van der Waals surface area contributed by atoms with Crippen molar-refractivity contribution < 1.29 is 22.7 Å². The lowest BCUT2D eigenvalue weighted by Gasteiger charge is -2.09. The first-order chi connectivity index (χ1) is 15.3. The third-order valence-corrected chi connectivity index (χ3v) is 6.00. The molecule has 0 fully saturated rings. The van der Waals surface area contributed by atoms with Gasteiger partial charge in [-0.25, -0.2) is 27.6 Å². The van der Waals surface area contributed by atoms with Crippen molar-refractivity contribution >= 4 is 27.4 Å². The van der Waals surface area contributed by atoms with E-state index in [4.69, 9.17) is 10.8 Å². The number of nitrogen functional groups attached to an aromatic ring is 1. The Balaban J connectivity index is 1.75. The molecule has 0 spiro atoms. The van der Waals surface area contributed by atoms with Crippen molar-refractivity contribution in [2.45, 2.75) is 17.1 Å². The molecule has 1 heterocycles. The molecule has 11 heteroatoms. The Bertz CT molecular complexity index is 1190. The van der Waals surface area contributed by atoms with Crippen molar-refractivity contribution in [2.24, 2.45) is 0 Å². The molecule has 0 aliphatic heterocycles. The molecule has 0 atom stereocenters. The van der Waals surface area contributed by atoms with E-state index in [1.807, 2.05) is 0 Å². The number of aliphatic hydroxyl groups excluding tert-OH is 1. The van der Waals surface area contributed by atoms with Crippen LogP contribution < -0.4 is 16.4 Å². The summed E-state index contributed by atoms with van der Waals surface area (Å²) >= 11 is 0. The number of aliphatic hydroxyl groups is 1. The van der Waals surface area contributed by atoms with Gasteiger partial charge in [0.1, 0.15) is 11.6 Å². The number of sulfone groups is 1. The van der Waals surface area contributed by atoms with Gasteiger partial charge in [-0.3, -0.25) is 0 Å². The molecule has 0 aliphatic carbocycles. The number of carbonyl (C=O) groups is 1. The van der Waals surface area contributed by atoms with Gasteiger partial charge in [-0.05, 0) is 55.0 Å². The molecule has 3 rings (SSSR count).